The lowest BCUT2D eigenvalue weighted by atomic mass is 9.99. The number of fused-ring (bicyclic) bond motifs is 2. The molecular weight excluding hydrogens is 702 g/mol. The van der Waals surface area contributed by atoms with Gasteiger partial charge in [-0.15, -0.1) is 0 Å². The van der Waals surface area contributed by atoms with Gasteiger partial charge in [0.25, 0.3) is 5.91 Å². The summed E-state index contributed by atoms with van der Waals surface area (Å²) in [5.41, 5.74) is 7.95. The number of aromatic nitrogens is 1. The number of ether oxygens (including phenoxy) is 3. The van der Waals surface area contributed by atoms with Gasteiger partial charge in [-0.2, -0.15) is 5.10 Å². The second-order valence-corrected chi connectivity index (χ2v) is 12.0. The molecule has 216 valence electrons. The van der Waals surface area contributed by atoms with E-state index >= 15 is 0 Å². The molecule has 0 atom stereocenters. The fourth-order valence-corrected chi connectivity index (χ4v) is 6.51. The molecule has 1 aliphatic heterocycles. The molecule has 6 rings (SSSR count). The van der Waals surface area contributed by atoms with E-state index < -0.39 is 11.9 Å². The van der Waals surface area contributed by atoms with Gasteiger partial charge in [-0.1, -0.05) is 57.4 Å². The van der Waals surface area contributed by atoms with Gasteiger partial charge in [0.15, 0.2) is 17.2 Å². The standard InChI is InChI=1S/C32H22Br2ClN3O5/c1-16-9-17(2)28-22(10-16)27(21-5-3-4-6-24(21)35)29(37-28)31(39)38-36-14-19-11-20(33)13-23(34)30(19)43-32(40)18-7-8-25-26(12-18)42-15-41-25/h3-14,37H,15H2,1-2H3,(H,38,39). The molecule has 0 saturated heterocycles. The highest BCUT2D eigenvalue weighted by molar-refractivity contribution is 9.11. The number of carbonyl (C=O) groups excluding carboxylic acids is 2. The van der Waals surface area contributed by atoms with Crippen LogP contribution in [0.15, 0.2) is 80.8 Å². The molecule has 2 heterocycles. The van der Waals surface area contributed by atoms with E-state index in [1.54, 1.807) is 36.4 Å². The second kappa shape index (κ2) is 11.9. The van der Waals surface area contributed by atoms with Crippen LogP contribution < -0.4 is 19.6 Å². The topological polar surface area (TPSA) is 102 Å². The number of carbonyl (C=O) groups is 2. The van der Waals surface area contributed by atoms with Crippen LogP contribution in [0, 0.1) is 13.8 Å². The number of rotatable bonds is 6. The predicted molar refractivity (Wildman–Crippen MR) is 173 cm³/mol. The maximum Gasteiger partial charge on any atom is 0.343 e. The number of hydrazone groups is 1. The Morgan fingerprint density at radius 2 is 1.81 bits per heavy atom. The molecule has 5 aromatic rings. The van der Waals surface area contributed by atoms with Crippen molar-refractivity contribution in [1.29, 1.82) is 0 Å². The van der Waals surface area contributed by atoms with Gasteiger partial charge < -0.3 is 19.2 Å². The lowest BCUT2D eigenvalue weighted by Crippen LogP contribution is -2.19. The Hall–Kier alpha value is -4.12. The van der Waals surface area contributed by atoms with Crippen molar-refractivity contribution in [2.75, 3.05) is 6.79 Å². The number of nitrogens with zero attached hydrogens (tertiary/aromatic N) is 1. The summed E-state index contributed by atoms with van der Waals surface area (Å²) >= 11 is 13.5. The molecule has 0 saturated carbocycles. The molecular formula is C32H22Br2ClN3O5. The molecule has 1 amide bonds. The number of nitrogens with one attached hydrogen (secondary N) is 2. The van der Waals surface area contributed by atoms with Crippen molar-refractivity contribution in [3.63, 3.8) is 0 Å². The maximum absolute atomic E-state index is 13.6. The Morgan fingerprint density at radius 1 is 1.02 bits per heavy atom. The van der Waals surface area contributed by atoms with E-state index in [2.05, 4.69) is 47.4 Å². The van der Waals surface area contributed by atoms with Crippen LogP contribution in [0.3, 0.4) is 0 Å². The van der Waals surface area contributed by atoms with Gasteiger partial charge in [0.1, 0.15) is 5.69 Å². The van der Waals surface area contributed by atoms with E-state index in [1.165, 1.54) is 6.21 Å². The third-order valence-corrected chi connectivity index (χ3v) is 8.21. The molecule has 8 nitrogen and oxygen atoms in total. The molecule has 1 aromatic heterocycles. The average molecular weight is 724 g/mol. The third kappa shape index (κ3) is 5.78. The Balaban J connectivity index is 1.30. The Morgan fingerprint density at radius 3 is 2.63 bits per heavy atom. The normalized spacial score (nSPS) is 12.2. The van der Waals surface area contributed by atoms with Gasteiger partial charge in [-0.25, -0.2) is 10.2 Å². The van der Waals surface area contributed by atoms with Crippen molar-refractivity contribution in [2.45, 2.75) is 13.8 Å². The van der Waals surface area contributed by atoms with E-state index in [4.69, 9.17) is 25.8 Å². The van der Waals surface area contributed by atoms with Crippen molar-refractivity contribution in [1.82, 2.24) is 10.4 Å². The highest BCUT2D eigenvalue weighted by Gasteiger charge is 2.23. The highest BCUT2D eigenvalue weighted by atomic mass is 79.9. The summed E-state index contributed by atoms with van der Waals surface area (Å²) in [5.74, 6) is 0.174. The number of amides is 1. The number of benzene rings is 4. The molecule has 0 aliphatic carbocycles. The third-order valence-electron chi connectivity index (χ3n) is 6.83. The van der Waals surface area contributed by atoms with Crippen LogP contribution in [-0.2, 0) is 0 Å². The first-order valence-corrected chi connectivity index (χ1v) is 15.0. The highest BCUT2D eigenvalue weighted by Crippen LogP contribution is 2.39. The molecule has 0 radical (unpaired) electrons. The van der Waals surface area contributed by atoms with E-state index in [0.29, 0.717) is 42.3 Å². The van der Waals surface area contributed by atoms with Crippen LogP contribution in [0.5, 0.6) is 17.2 Å². The minimum atomic E-state index is -0.604. The second-order valence-electron chi connectivity index (χ2n) is 9.82. The summed E-state index contributed by atoms with van der Waals surface area (Å²) in [7, 11) is 0. The van der Waals surface area contributed by atoms with Crippen molar-refractivity contribution >= 4 is 72.5 Å². The molecule has 0 unspecified atom stereocenters. The smallest absolute Gasteiger partial charge is 0.343 e. The van der Waals surface area contributed by atoms with Crippen molar-refractivity contribution in [3.05, 3.63) is 109 Å². The van der Waals surface area contributed by atoms with Crippen LogP contribution in [0.2, 0.25) is 5.02 Å². The minimum absolute atomic E-state index is 0.0933. The molecule has 1 aliphatic rings. The van der Waals surface area contributed by atoms with Gasteiger partial charge in [0, 0.05) is 37.1 Å². The van der Waals surface area contributed by atoms with Crippen molar-refractivity contribution in [2.24, 2.45) is 5.10 Å². The Bertz CT molecular complexity index is 1970. The fraction of sp³-hybridized carbons (Fsp3) is 0.0938. The summed E-state index contributed by atoms with van der Waals surface area (Å²) in [6.45, 7) is 4.09. The summed E-state index contributed by atoms with van der Waals surface area (Å²) in [6.07, 6.45) is 1.41. The molecule has 0 bridgehead atoms. The zero-order chi connectivity index (χ0) is 30.2. The van der Waals surface area contributed by atoms with Crippen LogP contribution in [0.4, 0.5) is 0 Å². The van der Waals surface area contributed by atoms with Crippen LogP contribution in [0.1, 0.15) is 37.5 Å². The molecule has 11 heteroatoms. The van der Waals surface area contributed by atoms with Gasteiger partial charge in [-0.3, -0.25) is 4.79 Å². The number of esters is 1. The molecule has 0 fully saturated rings. The quantitative estimate of drug-likeness (QED) is 0.0794. The zero-order valence-electron chi connectivity index (χ0n) is 22.8. The largest absolute Gasteiger partial charge is 0.454 e. The summed E-state index contributed by atoms with van der Waals surface area (Å²) in [4.78, 5) is 29.9. The van der Waals surface area contributed by atoms with E-state index in [0.717, 1.165) is 27.6 Å². The van der Waals surface area contributed by atoms with Crippen molar-refractivity contribution < 1.29 is 23.8 Å². The first kappa shape index (κ1) is 29.0. The number of aryl methyl sites for hydroxylation is 2. The maximum atomic E-state index is 13.6. The van der Waals surface area contributed by atoms with Gasteiger partial charge >= 0.3 is 5.97 Å². The Labute approximate surface area is 268 Å². The number of hydrogen-bond acceptors (Lipinski definition) is 6. The van der Waals surface area contributed by atoms with Crippen LogP contribution >= 0.6 is 43.5 Å². The molecule has 4 aromatic carbocycles. The molecule has 0 spiro atoms. The van der Waals surface area contributed by atoms with Crippen LogP contribution in [-0.4, -0.2) is 29.9 Å². The van der Waals surface area contributed by atoms with E-state index in [1.807, 2.05) is 44.2 Å². The first-order valence-electron chi connectivity index (χ1n) is 13.0. The van der Waals surface area contributed by atoms with Crippen molar-refractivity contribution in [3.8, 4) is 28.4 Å². The summed E-state index contributed by atoms with van der Waals surface area (Å²) in [5, 5.41) is 5.61. The monoisotopic (exact) mass is 721 g/mol. The lowest BCUT2D eigenvalue weighted by molar-refractivity contribution is 0.0732. The number of aromatic amines is 1. The van der Waals surface area contributed by atoms with Gasteiger partial charge in [0.2, 0.25) is 6.79 Å². The van der Waals surface area contributed by atoms with E-state index in [-0.39, 0.29) is 18.1 Å². The first-order chi connectivity index (χ1) is 20.7. The number of halogens is 3. The SMILES string of the molecule is Cc1cc(C)c2[nH]c(C(=O)NN=Cc3cc(Br)cc(Br)c3OC(=O)c3ccc4c(c3)OCO4)c(-c3ccccc3Cl)c2c1. The van der Waals surface area contributed by atoms with Gasteiger partial charge in [0.05, 0.1) is 16.3 Å². The average Bonchev–Trinajstić information content (AvgIpc) is 3.59. The number of H-pyrrole nitrogens is 1. The minimum Gasteiger partial charge on any atom is -0.454 e. The Kier molecular flexibility index (Phi) is 8.00. The molecule has 2 N–H and O–H groups in total. The lowest BCUT2D eigenvalue weighted by Gasteiger charge is -2.11. The van der Waals surface area contributed by atoms with Crippen LogP contribution in [0.25, 0.3) is 22.0 Å². The van der Waals surface area contributed by atoms with Gasteiger partial charge in [-0.05, 0) is 77.8 Å². The molecule has 43 heavy (non-hydrogen) atoms. The summed E-state index contributed by atoms with van der Waals surface area (Å²) < 4.78 is 17.6. The number of hydrogen-bond donors (Lipinski definition) is 2. The van der Waals surface area contributed by atoms with E-state index in [9.17, 15) is 9.59 Å². The fourth-order valence-electron chi connectivity index (χ4n) is 4.94. The zero-order valence-corrected chi connectivity index (χ0v) is 26.7. The summed E-state index contributed by atoms with van der Waals surface area (Å²) in [6, 6.07) is 19.7. The predicted octanol–water partition coefficient (Wildman–Crippen LogP) is 8.34.